The molecule has 0 radical (unpaired) electrons. The number of phenols is 1. The number of amides is 4. The van der Waals surface area contributed by atoms with Gasteiger partial charge in [-0.25, -0.2) is 4.98 Å². The number of hydrogen-bond donors (Lipinski definition) is 6. The minimum atomic E-state index is -0.816. The summed E-state index contributed by atoms with van der Waals surface area (Å²) in [7, 11) is 0. The van der Waals surface area contributed by atoms with Crippen LogP contribution in [0.15, 0.2) is 84.4 Å². The Balaban J connectivity index is 0.757. The summed E-state index contributed by atoms with van der Waals surface area (Å²) in [5.41, 5.74) is 13.9. The van der Waals surface area contributed by atoms with E-state index in [0.717, 1.165) is 90.6 Å². The van der Waals surface area contributed by atoms with Gasteiger partial charge in [-0.15, -0.1) is 21.5 Å². The molecule has 16 heteroatoms. The number of β-amino-alcohol motifs (C(OH)–C–C–N with tert-alkyl or cyclic N) is 1. The van der Waals surface area contributed by atoms with E-state index in [1.165, 1.54) is 17.7 Å². The second-order valence-corrected chi connectivity index (χ2v) is 19.8. The van der Waals surface area contributed by atoms with Crippen molar-refractivity contribution in [1.82, 2.24) is 36.0 Å². The second kappa shape index (κ2) is 27.9. The van der Waals surface area contributed by atoms with Crippen LogP contribution in [0.5, 0.6) is 11.5 Å². The summed E-state index contributed by atoms with van der Waals surface area (Å²) in [5.74, 6) is -0.273. The van der Waals surface area contributed by atoms with Gasteiger partial charge in [0.25, 0.3) is 0 Å². The molecule has 1 aliphatic heterocycles. The van der Waals surface area contributed by atoms with Crippen LogP contribution in [-0.2, 0) is 38.7 Å². The predicted octanol–water partition coefficient (Wildman–Crippen LogP) is 8.59. The summed E-state index contributed by atoms with van der Waals surface area (Å²) < 4.78 is 5.91. The molecule has 3 atom stereocenters. The Bertz CT molecular complexity index is 2480. The number of nitrogens with zero attached hydrogens (tertiary/aromatic N) is 4. The van der Waals surface area contributed by atoms with Crippen molar-refractivity contribution in [2.45, 2.75) is 148 Å². The number of thiazole rings is 1. The number of likely N-dealkylation sites (tertiary alicyclic amines) is 1. The molecular weight excluding hydrogens is 917 g/mol. The topological polar surface area (TPSA) is 222 Å². The number of aryl methyl sites for hydroxylation is 1. The third kappa shape index (κ3) is 16.9. The van der Waals surface area contributed by atoms with E-state index in [1.54, 1.807) is 35.6 Å². The second-order valence-electron chi connectivity index (χ2n) is 18.9. The molecule has 4 amide bonds. The minimum Gasteiger partial charge on any atom is -0.507 e. The van der Waals surface area contributed by atoms with Crippen LogP contribution < -0.4 is 26.4 Å². The smallest absolute Gasteiger partial charge is 0.246 e. The first-order valence-electron chi connectivity index (χ1n) is 25.3. The van der Waals surface area contributed by atoms with Crippen molar-refractivity contribution in [3.8, 4) is 33.2 Å². The number of aromatic hydroxyl groups is 1. The van der Waals surface area contributed by atoms with Crippen LogP contribution in [0, 0.1) is 12.8 Å². The van der Waals surface area contributed by atoms with Gasteiger partial charge in [0.1, 0.15) is 23.5 Å². The summed E-state index contributed by atoms with van der Waals surface area (Å²) in [6.07, 6.45) is 12.4. The Hall–Kier alpha value is -6.39. The van der Waals surface area contributed by atoms with Crippen molar-refractivity contribution in [1.29, 1.82) is 0 Å². The summed E-state index contributed by atoms with van der Waals surface area (Å²) >= 11 is 1.59. The Morgan fingerprint density at radius 3 is 2.00 bits per heavy atom. The molecule has 3 heterocycles. The molecule has 1 saturated heterocycles. The number of carbonyl (C=O) groups is 4. The van der Waals surface area contributed by atoms with Crippen LogP contribution in [0.4, 0.5) is 5.82 Å². The highest BCUT2D eigenvalue weighted by Gasteiger charge is 2.42. The first-order valence-corrected chi connectivity index (χ1v) is 26.2. The highest BCUT2D eigenvalue weighted by atomic mass is 32.1. The number of nitrogen functional groups attached to an aromatic ring is 1. The molecule has 1 fully saturated rings. The number of aromatic nitrogens is 3. The molecule has 0 aliphatic carbocycles. The van der Waals surface area contributed by atoms with Crippen molar-refractivity contribution in [3.63, 3.8) is 0 Å². The van der Waals surface area contributed by atoms with Crippen LogP contribution in [0.25, 0.3) is 21.7 Å². The number of para-hydroxylation sites is 1. The number of anilines is 1. The van der Waals surface area contributed by atoms with Gasteiger partial charge in [-0.05, 0) is 60.1 Å². The van der Waals surface area contributed by atoms with E-state index in [0.29, 0.717) is 56.0 Å². The molecule has 0 spiro atoms. The average Bonchev–Trinajstić information content (AvgIpc) is 3.99. The van der Waals surface area contributed by atoms with Crippen LogP contribution in [-0.4, -0.2) is 85.3 Å². The summed E-state index contributed by atoms with van der Waals surface area (Å²) in [6.45, 7) is 6.94. The number of aliphatic hydroxyl groups excluding tert-OH is 1. The monoisotopic (exact) mass is 989 g/mol. The van der Waals surface area contributed by atoms with Gasteiger partial charge < -0.3 is 41.5 Å². The summed E-state index contributed by atoms with van der Waals surface area (Å²) in [5, 5.41) is 37.7. The number of rotatable bonds is 28. The largest absolute Gasteiger partial charge is 0.507 e. The van der Waals surface area contributed by atoms with E-state index in [9.17, 15) is 29.4 Å². The number of nitrogens with two attached hydrogens (primary N) is 1. The van der Waals surface area contributed by atoms with Gasteiger partial charge in [-0.2, -0.15) is 0 Å². The molecule has 380 valence electrons. The fourth-order valence-corrected chi connectivity index (χ4v) is 9.59. The van der Waals surface area contributed by atoms with E-state index in [1.807, 2.05) is 80.9 Å². The van der Waals surface area contributed by atoms with Crippen molar-refractivity contribution in [2.24, 2.45) is 5.92 Å². The number of phenolic OH excluding ortho intramolecular Hbond substituents is 1. The Morgan fingerprint density at radius 1 is 0.789 bits per heavy atom. The lowest BCUT2D eigenvalue weighted by atomic mass is 10.0. The van der Waals surface area contributed by atoms with Gasteiger partial charge in [0, 0.05) is 56.9 Å². The zero-order chi connectivity index (χ0) is 50.5. The molecule has 0 saturated carbocycles. The quantitative estimate of drug-likeness (QED) is 0.0261. The Kier molecular flexibility index (Phi) is 21.2. The van der Waals surface area contributed by atoms with Gasteiger partial charge in [-0.1, -0.05) is 132 Å². The molecule has 3 aromatic carbocycles. The molecule has 15 nitrogen and oxygen atoms in total. The van der Waals surface area contributed by atoms with Gasteiger partial charge in [0.15, 0.2) is 11.6 Å². The molecule has 1 aliphatic rings. The van der Waals surface area contributed by atoms with E-state index in [2.05, 4.69) is 31.1 Å². The van der Waals surface area contributed by atoms with Crippen molar-refractivity contribution < 1.29 is 34.1 Å². The number of unbranched alkanes of at least 4 members (excludes halogenated alkanes) is 10. The lowest BCUT2D eigenvalue weighted by molar-refractivity contribution is -0.142. The van der Waals surface area contributed by atoms with Crippen LogP contribution >= 0.6 is 11.3 Å². The maximum absolute atomic E-state index is 13.8. The number of ether oxygens (including phenoxy) is 1. The molecule has 6 rings (SSSR count). The lowest BCUT2D eigenvalue weighted by Gasteiger charge is -2.30. The third-order valence-corrected chi connectivity index (χ3v) is 14.0. The normalized spacial score (nSPS) is 14.9. The van der Waals surface area contributed by atoms with Gasteiger partial charge in [0.2, 0.25) is 23.6 Å². The lowest BCUT2D eigenvalue weighted by Crippen LogP contribution is -2.55. The van der Waals surface area contributed by atoms with E-state index >= 15 is 0 Å². The molecule has 7 N–H and O–H groups in total. The zero-order valence-electron chi connectivity index (χ0n) is 41.5. The van der Waals surface area contributed by atoms with Crippen molar-refractivity contribution >= 4 is 40.8 Å². The standard InChI is InChI=1S/C55H72N8O7S/c1-37(2)51(55(69)63-35-43(64)31-46(63)54(68)58-34-41-25-27-42(28-26-41)52-38(3)59-36-71-52)60-50(67)20-14-12-10-8-6-4-5-7-9-11-13-19-49(66)57-33-40-23-21-39(22-24-40)29-30-70-48-32-45(61-62-53(48)56)44-17-15-16-18-47(44)65/h15-18,21-28,32,36-37,43,46,51,64-65H,4-14,19-20,29-31,33-35H2,1-3H3,(H2,56,62)(H,57,66)(H,58,68)(H,60,67)/t43-,46+,51+/m1/s1. The third-order valence-electron chi connectivity index (χ3n) is 13.0. The number of carbonyl (C=O) groups excluding carboxylic acids is 4. The van der Waals surface area contributed by atoms with Crippen molar-refractivity contribution in [2.75, 3.05) is 18.9 Å². The Morgan fingerprint density at radius 2 is 1.38 bits per heavy atom. The highest BCUT2D eigenvalue weighted by Crippen LogP contribution is 2.31. The molecule has 71 heavy (non-hydrogen) atoms. The van der Waals surface area contributed by atoms with E-state index in [-0.39, 0.29) is 54.1 Å². The first-order chi connectivity index (χ1) is 34.4. The van der Waals surface area contributed by atoms with Gasteiger partial charge in [0.05, 0.1) is 28.8 Å². The number of nitrogens with one attached hydrogen (secondary N) is 3. The van der Waals surface area contributed by atoms with Crippen LogP contribution in [0.2, 0.25) is 0 Å². The Labute approximate surface area is 422 Å². The van der Waals surface area contributed by atoms with Gasteiger partial charge in [-0.3, -0.25) is 19.2 Å². The predicted molar refractivity (Wildman–Crippen MR) is 278 cm³/mol. The average molecular weight is 989 g/mol. The first kappa shape index (κ1) is 54.0. The summed E-state index contributed by atoms with van der Waals surface area (Å²) in [6, 6.07) is 23.0. The minimum absolute atomic E-state index is 0.0489. The summed E-state index contributed by atoms with van der Waals surface area (Å²) in [4.78, 5) is 59.5. The number of hydrogen-bond acceptors (Lipinski definition) is 12. The SMILES string of the molecule is Cc1ncsc1-c1ccc(CNC(=O)[C@@H]2C[C@@H](O)CN2C(=O)[C@@H](NC(=O)CCCCCCCCCCCCCC(=O)NCc2ccc(CCOc3cc(-c4ccccc4O)nnc3N)cc2)C(C)C)cc1. The van der Waals surface area contributed by atoms with Crippen LogP contribution in [0.1, 0.15) is 126 Å². The molecular formula is C55H72N8O7S. The highest BCUT2D eigenvalue weighted by molar-refractivity contribution is 7.13. The van der Waals surface area contributed by atoms with Crippen LogP contribution in [0.3, 0.4) is 0 Å². The van der Waals surface area contributed by atoms with Crippen molar-refractivity contribution in [3.05, 3.63) is 107 Å². The van der Waals surface area contributed by atoms with E-state index in [4.69, 9.17) is 10.5 Å². The molecule has 2 aromatic heterocycles. The molecule has 0 unspecified atom stereocenters. The number of aliphatic hydroxyl groups is 1. The fraction of sp³-hybridized carbons (Fsp3) is 0.473. The van der Waals surface area contributed by atoms with E-state index < -0.39 is 18.2 Å². The maximum atomic E-state index is 13.8. The zero-order valence-corrected chi connectivity index (χ0v) is 42.4. The number of benzene rings is 3. The van der Waals surface area contributed by atoms with Gasteiger partial charge >= 0.3 is 0 Å². The molecule has 5 aromatic rings. The fourth-order valence-electron chi connectivity index (χ4n) is 8.78. The maximum Gasteiger partial charge on any atom is 0.246 e. The molecule has 0 bridgehead atoms.